The second-order valence-corrected chi connectivity index (χ2v) is 3.63. The van der Waals surface area contributed by atoms with Crippen molar-refractivity contribution in [2.24, 2.45) is 12.8 Å². The summed E-state index contributed by atoms with van der Waals surface area (Å²) in [4.78, 5) is 11.4. The summed E-state index contributed by atoms with van der Waals surface area (Å²) >= 11 is 5.90. The summed E-state index contributed by atoms with van der Waals surface area (Å²) in [7, 11) is 1.78. The number of fused-ring (bicyclic) bond motifs is 1. The van der Waals surface area contributed by atoms with Crippen molar-refractivity contribution in [1.29, 1.82) is 0 Å². The number of nitrogens with two attached hydrogens (primary N) is 1. The minimum atomic E-state index is -0.0887. The van der Waals surface area contributed by atoms with Crippen LogP contribution in [0.2, 0.25) is 5.15 Å². The van der Waals surface area contributed by atoms with Crippen LogP contribution >= 0.6 is 11.6 Å². The predicted molar refractivity (Wildman–Crippen MR) is 59.1 cm³/mol. The molecule has 0 spiro atoms. The van der Waals surface area contributed by atoms with Gasteiger partial charge in [-0.05, 0) is 12.1 Å². The second kappa shape index (κ2) is 3.64. The molecule has 0 saturated carbocycles. The zero-order valence-corrected chi connectivity index (χ0v) is 8.95. The molecular formula is C10H10ClN3O. The van der Waals surface area contributed by atoms with Gasteiger partial charge in [-0.1, -0.05) is 17.7 Å². The lowest BCUT2D eigenvalue weighted by Gasteiger charge is -1.99. The summed E-state index contributed by atoms with van der Waals surface area (Å²) in [6.07, 6.45) is 0. The van der Waals surface area contributed by atoms with Gasteiger partial charge in [-0.25, -0.2) is 0 Å². The fourth-order valence-electron chi connectivity index (χ4n) is 1.50. The molecule has 2 N–H and O–H groups in total. The van der Waals surface area contributed by atoms with Gasteiger partial charge in [0.1, 0.15) is 0 Å². The van der Waals surface area contributed by atoms with Gasteiger partial charge in [0.05, 0.1) is 12.1 Å². The summed E-state index contributed by atoms with van der Waals surface area (Å²) in [6, 6.07) is 5.25. The Hall–Kier alpha value is -1.39. The number of Topliss-reactive ketones (excluding diaryl/α,β-unsaturated/α-hetero) is 1. The van der Waals surface area contributed by atoms with Crippen LogP contribution in [0.1, 0.15) is 10.4 Å². The van der Waals surface area contributed by atoms with Crippen LogP contribution in [-0.2, 0) is 7.05 Å². The molecule has 0 radical (unpaired) electrons. The first kappa shape index (κ1) is 10.1. The third kappa shape index (κ3) is 1.62. The normalized spacial score (nSPS) is 10.9. The summed E-state index contributed by atoms with van der Waals surface area (Å²) in [6.45, 7) is 0.0110. The topological polar surface area (TPSA) is 60.9 Å². The molecule has 0 atom stereocenters. The smallest absolute Gasteiger partial charge is 0.176 e. The van der Waals surface area contributed by atoms with E-state index in [0.717, 1.165) is 10.9 Å². The summed E-state index contributed by atoms with van der Waals surface area (Å²) in [5.74, 6) is -0.0887. The fourth-order valence-corrected chi connectivity index (χ4v) is 1.78. The van der Waals surface area contributed by atoms with E-state index in [0.29, 0.717) is 10.7 Å². The van der Waals surface area contributed by atoms with E-state index in [9.17, 15) is 4.79 Å². The number of hydrogen-bond acceptors (Lipinski definition) is 3. The monoisotopic (exact) mass is 223 g/mol. The van der Waals surface area contributed by atoms with Crippen LogP contribution in [0.4, 0.5) is 0 Å². The van der Waals surface area contributed by atoms with Gasteiger partial charge in [-0.2, -0.15) is 5.10 Å². The third-order valence-corrected chi connectivity index (χ3v) is 2.59. The number of rotatable bonds is 2. The highest BCUT2D eigenvalue weighted by molar-refractivity contribution is 6.34. The molecule has 1 aromatic carbocycles. The number of hydrogen-bond donors (Lipinski definition) is 1. The maximum atomic E-state index is 11.4. The van der Waals surface area contributed by atoms with E-state index in [1.165, 1.54) is 0 Å². The van der Waals surface area contributed by atoms with E-state index in [-0.39, 0.29) is 12.3 Å². The molecule has 0 saturated heterocycles. The fraction of sp³-hybridized carbons (Fsp3) is 0.200. The van der Waals surface area contributed by atoms with Crippen molar-refractivity contribution in [2.75, 3.05) is 6.54 Å². The van der Waals surface area contributed by atoms with Crippen molar-refractivity contribution in [1.82, 2.24) is 9.78 Å². The minimum Gasteiger partial charge on any atom is -0.324 e. The van der Waals surface area contributed by atoms with E-state index in [2.05, 4.69) is 5.10 Å². The van der Waals surface area contributed by atoms with Crippen molar-refractivity contribution >= 4 is 28.3 Å². The molecule has 0 bridgehead atoms. The van der Waals surface area contributed by atoms with Gasteiger partial charge in [-0.15, -0.1) is 0 Å². The lowest BCUT2D eigenvalue weighted by atomic mass is 10.1. The maximum absolute atomic E-state index is 11.4. The largest absolute Gasteiger partial charge is 0.324 e. The van der Waals surface area contributed by atoms with Gasteiger partial charge in [-0.3, -0.25) is 9.48 Å². The van der Waals surface area contributed by atoms with Crippen molar-refractivity contribution in [3.8, 4) is 0 Å². The van der Waals surface area contributed by atoms with E-state index < -0.39 is 0 Å². The molecule has 1 aromatic heterocycles. The first-order valence-corrected chi connectivity index (χ1v) is 4.87. The Morgan fingerprint density at radius 2 is 2.33 bits per heavy atom. The molecule has 15 heavy (non-hydrogen) atoms. The van der Waals surface area contributed by atoms with Crippen molar-refractivity contribution in [2.45, 2.75) is 0 Å². The SMILES string of the molecule is Cn1nc(Cl)c2ccc(C(=O)CN)cc21. The molecule has 0 unspecified atom stereocenters. The quantitative estimate of drug-likeness (QED) is 0.783. The van der Waals surface area contributed by atoms with Gasteiger partial charge >= 0.3 is 0 Å². The maximum Gasteiger partial charge on any atom is 0.176 e. The first-order valence-electron chi connectivity index (χ1n) is 4.49. The van der Waals surface area contributed by atoms with Crippen LogP contribution < -0.4 is 5.73 Å². The lowest BCUT2D eigenvalue weighted by molar-refractivity contribution is 0.100. The number of ketones is 1. The Morgan fingerprint density at radius 1 is 1.60 bits per heavy atom. The van der Waals surface area contributed by atoms with Crippen molar-refractivity contribution < 1.29 is 4.79 Å². The van der Waals surface area contributed by atoms with Gasteiger partial charge in [0.2, 0.25) is 0 Å². The number of carbonyl (C=O) groups excluding carboxylic acids is 1. The van der Waals surface area contributed by atoms with Gasteiger partial charge in [0, 0.05) is 18.0 Å². The Bertz CT molecular complexity index is 533. The molecule has 0 aliphatic heterocycles. The van der Waals surface area contributed by atoms with Crippen LogP contribution in [0.3, 0.4) is 0 Å². The van der Waals surface area contributed by atoms with Crippen LogP contribution in [-0.4, -0.2) is 22.1 Å². The molecule has 0 fully saturated rings. The molecule has 0 aliphatic carbocycles. The molecule has 1 heterocycles. The molecule has 78 valence electrons. The molecule has 4 nitrogen and oxygen atoms in total. The summed E-state index contributed by atoms with van der Waals surface area (Å²) in [5.41, 5.74) is 6.71. The molecule has 2 rings (SSSR count). The number of carbonyl (C=O) groups is 1. The lowest BCUT2D eigenvalue weighted by Crippen LogP contribution is -2.13. The highest BCUT2D eigenvalue weighted by Gasteiger charge is 2.09. The van der Waals surface area contributed by atoms with E-state index in [1.54, 1.807) is 29.9 Å². The Balaban J connectivity index is 2.65. The van der Waals surface area contributed by atoms with Crippen LogP contribution in [0.5, 0.6) is 0 Å². The van der Waals surface area contributed by atoms with Crippen molar-refractivity contribution in [3.63, 3.8) is 0 Å². The highest BCUT2D eigenvalue weighted by atomic mass is 35.5. The average molecular weight is 224 g/mol. The number of aromatic nitrogens is 2. The van der Waals surface area contributed by atoms with Crippen LogP contribution in [0.15, 0.2) is 18.2 Å². The van der Waals surface area contributed by atoms with E-state index >= 15 is 0 Å². The molecule has 0 aliphatic rings. The number of halogens is 1. The van der Waals surface area contributed by atoms with Crippen LogP contribution in [0, 0.1) is 0 Å². The van der Waals surface area contributed by atoms with Gasteiger partial charge in [0.25, 0.3) is 0 Å². The molecule has 2 aromatic rings. The van der Waals surface area contributed by atoms with E-state index in [1.807, 2.05) is 0 Å². The van der Waals surface area contributed by atoms with Gasteiger partial charge in [0.15, 0.2) is 10.9 Å². The summed E-state index contributed by atoms with van der Waals surface area (Å²) in [5, 5.41) is 5.34. The van der Waals surface area contributed by atoms with Crippen molar-refractivity contribution in [3.05, 3.63) is 28.9 Å². The molecule has 0 amide bonds. The minimum absolute atomic E-state index is 0.0110. The molecular weight excluding hydrogens is 214 g/mol. The Labute approximate surface area is 91.6 Å². The Morgan fingerprint density at radius 3 is 3.00 bits per heavy atom. The average Bonchev–Trinajstić information content (AvgIpc) is 2.53. The molecule has 5 heteroatoms. The second-order valence-electron chi connectivity index (χ2n) is 3.27. The standard InChI is InChI=1S/C10H10ClN3O/c1-14-8-4-6(9(15)5-12)2-3-7(8)10(11)13-14/h2-4H,5,12H2,1H3. The van der Waals surface area contributed by atoms with Crippen LogP contribution in [0.25, 0.3) is 10.9 Å². The first-order chi connectivity index (χ1) is 7.13. The zero-order valence-electron chi connectivity index (χ0n) is 8.20. The van der Waals surface area contributed by atoms with Gasteiger partial charge < -0.3 is 5.73 Å². The van der Waals surface area contributed by atoms with E-state index in [4.69, 9.17) is 17.3 Å². The predicted octanol–water partition coefficient (Wildman–Crippen LogP) is 1.37. The number of aryl methyl sites for hydroxylation is 1. The Kier molecular flexibility index (Phi) is 2.46. The third-order valence-electron chi connectivity index (χ3n) is 2.31. The summed E-state index contributed by atoms with van der Waals surface area (Å²) < 4.78 is 1.64. The number of nitrogens with zero attached hydrogens (tertiary/aromatic N) is 2. The zero-order chi connectivity index (χ0) is 11.0. The highest BCUT2D eigenvalue weighted by Crippen LogP contribution is 2.23. The number of benzene rings is 1.